The summed E-state index contributed by atoms with van der Waals surface area (Å²) in [6.07, 6.45) is -2.94. The number of halogens is 3. The Morgan fingerprint density at radius 1 is 1.39 bits per heavy atom. The van der Waals surface area contributed by atoms with Crippen LogP contribution in [0.15, 0.2) is 24.3 Å². The van der Waals surface area contributed by atoms with Gasteiger partial charge in [0.05, 0.1) is 6.10 Å². The van der Waals surface area contributed by atoms with Crippen LogP contribution < -0.4 is 10.6 Å². The van der Waals surface area contributed by atoms with Gasteiger partial charge in [-0.1, -0.05) is 29.8 Å². The van der Waals surface area contributed by atoms with Crippen molar-refractivity contribution in [3.05, 3.63) is 35.4 Å². The molecular formula is C16H21F3N2O2. The third kappa shape index (κ3) is 5.13. The summed E-state index contributed by atoms with van der Waals surface area (Å²) in [5.74, 6) is 0.110. The van der Waals surface area contributed by atoms with Crippen LogP contribution in [-0.2, 0) is 0 Å². The van der Waals surface area contributed by atoms with E-state index in [1.54, 1.807) is 13.0 Å². The monoisotopic (exact) mass is 330 g/mol. The fourth-order valence-corrected chi connectivity index (χ4v) is 2.86. The lowest BCUT2D eigenvalue weighted by Gasteiger charge is -2.23. The Hall–Kier alpha value is -1.76. The molecule has 1 aliphatic rings. The highest BCUT2D eigenvalue weighted by molar-refractivity contribution is 5.74. The molecule has 0 saturated heterocycles. The van der Waals surface area contributed by atoms with Gasteiger partial charge in [-0.25, -0.2) is 4.79 Å². The Bertz CT molecular complexity index is 548. The molecule has 1 saturated carbocycles. The molecule has 0 bridgehead atoms. The number of carbonyl (C=O) groups is 1. The van der Waals surface area contributed by atoms with E-state index >= 15 is 0 Å². The quantitative estimate of drug-likeness (QED) is 0.794. The van der Waals surface area contributed by atoms with E-state index in [-0.39, 0.29) is 24.1 Å². The number of benzene rings is 1. The Balaban J connectivity index is 1.96. The number of hydrogen-bond acceptors (Lipinski definition) is 2. The molecule has 0 aromatic heterocycles. The van der Waals surface area contributed by atoms with Crippen molar-refractivity contribution in [3.8, 4) is 0 Å². The molecule has 128 valence electrons. The molecule has 1 aromatic rings. The fourth-order valence-electron chi connectivity index (χ4n) is 2.86. The number of aliphatic hydroxyl groups is 1. The second-order valence-electron chi connectivity index (χ2n) is 6.08. The van der Waals surface area contributed by atoms with Crippen LogP contribution in [0.4, 0.5) is 18.0 Å². The number of carbonyl (C=O) groups excluding carboxylic acids is 1. The third-order valence-electron chi connectivity index (χ3n) is 4.04. The topological polar surface area (TPSA) is 61.4 Å². The molecule has 0 aliphatic heterocycles. The highest BCUT2D eigenvalue weighted by atomic mass is 19.4. The summed E-state index contributed by atoms with van der Waals surface area (Å²) in [5.41, 5.74) is 0.697. The van der Waals surface area contributed by atoms with Crippen molar-refractivity contribution in [3.63, 3.8) is 0 Å². The number of aryl methyl sites for hydroxylation is 1. The van der Waals surface area contributed by atoms with Gasteiger partial charge in [0.2, 0.25) is 0 Å². The minimum absolute atomic E-state index is 0.00365. The van der Waals surface area contributed by atoms with E-state index in [0.717, 1.165) is 6.42 Å². The fraction of sp³-hybridized carbons (Fsp3) is 0.562. The summed E-state index contributed by atoms with van der Waals surface area (Å²) in [6, 6.07) is 3.09. The number of hydrogen-bond donors (Lipinski definition) is 3. The predicted octanol–water partition coefficient (Wildman–Crippen LogP) is 3.06. The van der Waals surface area contributed by atoms with E-state index in [1.165, 1.54) is 18.2 Å². The van der Waals surface area contributed by atoms with E-state index in [4.69, 9.17) is 0 Å². The maximum atomic E-state index is 13.2. The lowest BCUT2D eigenvalue weighted by molar-refractivity contribution is -0.154. The second-order valence-corrected chi connectivity index (χ2v) is 6.08. The van der Waals surface area contributed by atoms with E-state index in [9.17, 15) is 23.1 Å². The SMILES string of the molecule is Cc1cccc([C@@H](NC(=O)NC[C@@H]2CC[C@@H](O)C2)C(F)(F)F)c1. The number of amides is 2. The molecule has 0 radical (unpaired) electrons. The van der Waals surface area contributed by atoms with Crippen molar-refractivity contribution in [2.24, 2.45) is 5.92 Å². The summed E-state index contributed by atoms with van der Waals surface area (Å²) >= 11 is 0. The number of alkyl halides is 3. The molecule has 2 amide bonds. The smallest absolute Gasteiger partial charge is 0.393 e. The van der Waals surface area contributed by atoms with Gasteiger partial charge in [0.25, 0.3) is 0 Å². The lowest BCUT2D eigenvalue weighted by Crippen LogP contribution is -2.44. The number of nitrogens with one attached hydrogen (secondary N) is 2. The summed E-state index contributed by atoms with van der Waals surface area (Å²) < 4.78 is 39.6. The van der Waals surface area contributed by atoms with Crippen molar-refractivity contribution in [2.45, 2.75) is 44.5 Å². The summed E-state index contributed by atoms with van der Waals surface area (Å²) in [4.78, 5) is 11.8. The molecule has 0 unspecified atom stereocenters. The Morgan fingerprint density at radius 3 is 2.70 bits per heavy atom. The molecule has 1 fully saturated rings. The Morgan fingerprint density at radius 2 is 2.13 bits per heavy atom. The molecule has 2 rings (SSSR count). The van der Waals surface area contributed by atoms with E-state index in [0.29, 0.717) is 18.4 Å². The van der Waals surface area contributed by atoms with Crippen LogP contribution in [0, 0.1) is 12.8 Å². The first kappa shape index (κ1) is 17.6. The molecule has 23 heavy (non-hydrogen) atoms. The highest BCUT2D eigenvalue weighted by Gasteiger charge is 2.42. The summed E-state index contributed by atoms with van der Waals surface area (Å²) in [5, 5.41) is 13.9. The number of rotatable bonds is 4. The lowest BCUT2D eigenvalue weighted by atomic mass is 10.0. The van der Waals surface area contributed by atoms with Gasteiger partial charge in [0, 0.05) is 6.54 Å². The van der Waals surface area contributed by atoms with Crippen LogP contribution in [0.3, 0.4) is 0 Å². The van der Waals surface area contributed by atoms with Crippen LogP contribution in [-0.4, -0.2) is 30.0 Å². The largest absolute Gasteiger partial charge is 0.412 e. The van der Waals surface area contributed by atoms with E-state index < -0.39 is 18.2 Å². The normalized spacial score (nSPS) is 22.7. The highest BCUT2D eigenvalue weighted by Crippen LogP contribution is 2.33. The number of aliphatic hydroxyl groups excluding tert-OH is 1. The molecule has 1 aromatic carbocycles. The summed E-state index contributed by atoms with van der Waals surface area (Å²) in [6.45, 7) is 1.96. The van der Waals surface area contributed by atoms with Crippen LogP contribution in [0.25, 0.3) is 0 Å². The zero-order valence-corrected chi connectivity index (χ0v) is 12.9. The maximum Gasteiger partial charge on any atom is 0.412 e. The standard InChI is InChI=1S/C16H21F3N2O2/c1-10-3-2-4-12(7-10)14(16(17,18)19)21-15(23)20-9-11-5-6-13(22)8-11/h2-4,7,11,13-14,22H,5-6,8-9H2,1H3,(H2,20,21,23)/t11-,13-,14-/m1/s1. The van der Waals surface area contributed by atoms with Crippen LogP contribution >= 0.6 is 0 Å². The molecule has 0 spiro atoms. The predicted molar refractivity (Wildman–Crippen MR) is 79.9 cm³/mol. The Labute approximate surface area is 133 Å². The first-order chi connectivity index (χ1) is 10.8. The maximum absolute atomic E-state index is 13.2. The van der Waals surface area contributed by atoms with Gasteiger partial charge in [-0.15, -0.1) is 0 Å². The van der Waals surface area contributed by atoms with E-state index in [1.807, 2.05) is 5.32 Å². The van der Waals surface area contributed by atoms with Crippen molar-refractivity contribution in [1.82, 2.24) is 10.6 Å². The molecule has 7 heteroatoms. The molecule has 4 nitrogen and oxygen atoms in total. The Kier molecular flexibility index (Phi) is 5.51. The average molecular weight is 330 g/mol. The molecule has 3 atom stereocenters. The first-order valence-electron chi connectivity index (χ1n) is 7.61. The van der Waals surface area contributed by atoms with Gasteiger partial charge in [0.1, 0.15) is 0 Å². The van der Waals surface area contributed by atoms with Crippen LogP contribution in [0.2, 0.25) is 0 Å². The summed E-state index contributed by atoms with van der Waals surface area (Å²) in [7, 11) is 0. The van der Waals surface area contributed by atoms with Gasteiger partial charge >= 0.3 is 12.2 Å². The second kappa shape index (κ2) is 7.21. The zero-order valence-electron chi connectivity index (χ0n) is 12.9. The average Bonchev–Trinajstić information content (AvgIpc) is 2.87. The molecule has 1 aliphatic carbocycles. The number of urea groups is 1. The van der Waals surface area contributed by atoms with Crippen molar-refractivity contribution in [2.75, 3.05) is 6.54 Å². The van der Waals surface area contributed by atoms with Gasteiger partial charge in [-0.05, 0) is 37.7 Å². The molecular weight excluding hydrogens is 309 g/mol. The van der Waals surface area contributed by atoms with Crippen LogP contribution in [0.5, 0.6) is 0 Å². The molecule has 3 N–H and O–H groups in total. The van der Waals surface area contributed by atoms with Gasteiger partial charge in [-0.3, -0.25) is 0 Å². The van der Waals surface area contributed by atoms with Gasteiger partial charge in [-0.2, -0.15) is 13.2 Å². The van der Waals surface area contributed by atoms with Gasteiger partial charge in [0.15, 0.2) is 6.04 Å². The van der Waals surface area contributed by atoms with Crippen molar-refractivity contribution < 1.29 is 23.1 Å². The van der Waals surface area contributed by atoms with Crippen molar-refractivity contribution in [1.29, 1.82) is 0 Å². The minimum Gasteiger partial charge on any atom is -0.393 e. The zero-order chi connectivity index (χ0) is 17.0. The minimum atomic E-state index is -4.57. The van der Waals surface area contributed by atoms with Crippen LogP contribution in [0.1, 0.15) is 36.4 Å². The van der Waals surface area contributed by atoms with Crippen molar-refractivity contribution >= 4 is 6.03 Å². The third-order valence-corrected chi connectivity index (χ3v) is 4.04. The molecule has 0 heterocycles. The van der Waals surface area contributed by atoms with Gasteiger partial charge < -0.3 is 15.7 Å². The first-order valence-corrected chi connectivity index (χ1v) is 7.61. The van der Waals surface area contributed by atoms with E-state index in [2.05, 4.69) is 5.32 Å².